The maximum atomic E-state index is 12.1. The monoisotopic (exact) mass is 278 g/mol. The van der Waals surface area contributed by atoms with Crippen molar-refractivity contribution in [3.8, 4) is 0 Å². The van der Waals surface area contributed by atoms with E-state index in [0.717, 1.165) is 10.7 Å². The van der Waals surface area contributed by atoms with Crippen molar-refractivity contribution in [2.75, 3.05) is 6.54 Å². The third-order valence-corrected chi connectivity index (χ3v) is 3.95. The van der Waals surface area contributed by atoms with Crippen molar-refractivity contribution in [1.29, 1.82) is 0 Å². The number of nitrogens with zero attached hydrogens (tertiary/aromatic N) is 3. The van der Waals surface area contributed by atoms with Crippen LogP contribution < -0.4 is 5.32 Å². The third kappa shape index (κ3) is 2.21. The summed E-state index contributed by atoms with van der Waals surface area (Å²) in [4.78, 5) is 30.6. The number of hydrogen-bond acceptors (Lipinski definition) is 4. The Balaban J connectivity index is 1.79. The molecule has 1 atom stereocenters. The average Bonchev–Trinajstić information content (AvgIpc) is 2.94. The SMILES string of the molecule is CCC1NC(=O)CN(Cc2cn3ccsc3n2)C1=O. The molecular weight excluding hydrogens is 264 g/mol. The number of amides is 2. The number of nitrogens with one attached hydrogen (secondary N) is 1. The summed E-state index contributed by atoms with van der Waals surface area (Å²) in [7, 11) is 0. The summed E-state index contributed by atoms with van der Waals surface area (Å²) in [5.41, 5.74) is 0.810. The molecule has 3 heterocycles. The van der Waals surface area contributed by atoms with Gasteiger partial charge in [-0.05, 0) is 6.42 Å². The standard InChI is InChI=1S/C12H14N4O2S/c1-2-9-11(18)16(7-10(17)14-9)6-8-5-15-3-4-19-12(15)13-8/h3-5,9H,2,6-7H2,1H3,(H,14,17). The number of thiazole rings is 1. The Labute approximate surface area is 114 Å². The van der Waals surface area contributed by atoms with E-state index in [1.807, 2.05) is 29.1 Å². The van der Waals surface area contributed by atoms with Gasteiger partial charge in [-0.25, -0.2) is 4.98 Å². The molecule has 0 saturated carbocycles. The van der Waals surface area contributed by atoms with Gasteiger partial charge in [-0.3, -0.25) is 14.0 Å². The molecule has 1 saturated heterocycles. The van der Waals surface area contributed by atoms with Gasteiger partial charge in [-0.1, -0.05) is 6.92 Å². The van der Waals surface area contributed by atoms with Crippen LogP contribution in [0, 0.1) is 0 Å². The molecule has 19 heavy (non-hydrogen) atoms. The van der Waals surface area contributed by atoms with Crippen LogP contribution in [0.1, 0.15) is 19.0 Å². The molecule has 1 aliphatic rings. The first kappa shape index (κ1) is 12.2. The smallest absolute Gasteiger partial charge is 0.245 e. The van der Waals surface area contributed by atoms with Gasteiger partial charge >= 0.3 is 0 Å². The van der Waals surface area contributed by atoms with Crippen molar-refractivity contribution < 1.29 is 9.59 Å². The van der Waals surface area contributed by atoms with Gasteiger partial charge in [0.15, 0.2) is 4.96 Å². The number of imidazole rings is 1. The predicted octanol–water partition coefficient (Wildman–Crippen LogP) is 0.633. The highest BCUT2D eigenvalue weighted by Crippen LogP contribution is 2.14. The Kier molecular flexibility index (Phi) is 2.98. The molecule has 100 valence electrons. The minimum atomic E-state index is -0.398. The molecule has 7 heteroatoms. The summed E-state index contributed by atoms with van der Waals surface area (Å²) >= 11 is 1.55. The molecule has 0 aliphatic carbocycles. The molecule has 2 aromatic rings. The Hall–Kier alpha value is -1.89. The average molecular weight is 278 g/mol. The van der Waals surface area contributed by atoms with Crippen molar-refractivity contribution in [1.82, 2.24) is 19.6 Å². The number of rotatable bonds is 3. The minimum Gasteiger partial charge on any atom is -0.343 e. The first-order valence-electron chi connectivity index (χ1n) is 6.16. The van der Waals surface area contributed by atoms with E-state index < -0.39 is 6.04 Å². The van der Waals surface area contributed by atoms with Crippen molar-refractivity contribution in [3.05, 3.63) is 23.5 Å². The van der Waals surface area contributed by atoms with E-state index in [1.165, 1.54) is 0 Å². The van der Waals surface area contributed by atoms with Crippen LogP contribution in [0.2, 0.25) is 0 Å². The number of carbonyl (C=O) groups excluding carboxylic acids is 2. The summed E-state index contributed by atoms with van der Waals surface area (Å²) in [6.07, 6.45) is 4.43. The lowest BCUT2D eigenvalue weighted by Crippen LogP contribution is -2.57. The zero-order valence-electron chi connectivity index (χ0n) is 10.5. The van der Waals surface area contributed by atoms with Gasteiger partial charge in [0.05, 0.1) is 12.2 Å². The highest BCUT2D eigenvalue weighted by Gasteiger charge is 2.31. The highest BCUT2D eigenvalue weighted by atomic mass is 32.1. The Morgan fingerprint density at radius 1 is 1.53 bits per heavy atom. The molecule has 1 unspecified atom stereocenters. The quantitative estimate of drug-likeness (QED) is 0.895. The second kappa shape index (κ2) is 4.65. The fourth-order valence-corrected chi connectivity index (χ4v) is 2.95. The fourth-order valence-electron chi connectivity index (χ4n) is 2.23. The Morgan fingerprint density at radius 3 is 3.11 bits per heavy atom. The summed E-state index contributed by atoms with van der Waals surface area (Å²) < 4.78 is 1.92. The highest BCUT2D eigenvalue weighted by molar-refractivity contribution is 7.15. The van der Waals surface area contributed by atoms with Gasteiger partial charge in [0.2, 0.25) is 11.8 Å². The molecule has 2 aromatic heterocycles. The van der Waals surface area contributed by atoms with Crippen molar-refractivity contribution in [3.63, 3.8) is 0 Å². The second-order valence-corrected chi connectivity index (χ2v) is 5.42. The third-order valence-electron chi connectivity index (χ3n) is 3.18. The van der Waals surface area contributed by atoms with Gasteiger partial charge in [0.1, 0.15) is 12.6 Å². The van der Waals surface area contributed by atoms with E-state index in [0.29, 0.717) is 13.0 Å². The zero-order valence-corrected chi connectivity index (χ0v) is 11.3. The van der Waals surface area contributed by atoms with Crippen molar-refractivity contribution in [2.45, 2.75) is 25.9 Å². The van der Waals surface area contributed by atoms with Gasteiger partial charge < -0.3 is 10.2 Å². The molecule has 0 aromatic carbocycles. The van der Waals surface area contributed by atoms with E-state index in [4.69, 9.17) is 0 Å². The van der Waals surface area contributed by atoms with Gasteiger partial charge in [0, 0.05) is 17.8 Å². The lowest BCUT2D eigenvalue weighted by atomic mass is 10.1. The number of carbonyl (C=O) groups is 2. The van der Waals surface area contributed by atoms with Crippen LogP contribution in [0.25, 0.3) is 4.96 Å². The van der Waals surface area contributed by atoms with Crippen LogP contribution >= 0.6 is 11.3 Å². The van der Waals surface area contributed by atoms with Crippen molar-refractivity contribution in [2.24, 2.45) is 0 Å². The molecule has 6 nitrogen and oxygen atoms in total. The molecule has 1 fully saturated rings. The number of piperazine rings is 1. The first-order valence-corrected chi connectivity index (χ1v) is 7.04. The number of fused-ring (bicyclic) bond motifs is 1. The normalized spacial score (nSPS) is 20.1. The van der Waals surface area contributed by atoms with E-state index in [2.05, 4.69) is 10.3 Å². The van der Waals surface area contributed by atoms with Gasteiger partial charge in [-0.2, -0.15) is 0 Å². The van der Waals surface area contributed by atoms with Gasteiger partial charge in [0.25, 0.3) is 0 Å². The first-order chi connectivity index (χ1) is 9.17. The van der Waals surface area contributed by atoms with E-state index in [-0.39, 0.29) is 18.4 Å². The van der Waals surface area contributed by atoms with E-state index in [9.17, 15) is 9.59 Å². The predicted molar refractivity (Wildman–Crippen MR) is 70.7 cm³/mol. The topological polar surface area (TPSA) is 66.7 Å². The van der Waals surface area contributed by atoms with Crippen LogP contribution in [0.5, 0.6) is 0 Å². The van der Waals surface area contributed by atoms with E-state index in [1.54, 1.807) is 16.2 Å². The maximum Gasteiger partial charge on any atom is 0.245 e. The summed E-state index contributed by atoms with van der Waals surface area (Å²) in [6, 6.07) is -0.398. The minimum absolute atomic E-state index is 0.0292. The Bertz CT molecular complexity index is 604. The second-order valence-electron chi connectivity index (χ2n) is 4.55. The molecule has 0 radical (unpaired) electrons. The van der Waals surface area contributed by atoms with Crippen LogP contribution in [-0.4, -0.2) is 38.7 Å². The molecule has 1 aliphatic heterocycles. The van der Waals surface area contributed by atoms with Crippen LogP contribution in [-0.2, 0) is 16.1 Å². The molecular formula is C12H14N4O2S. The van der Waals surface area contributed by atoms with Crippen LogP contribution in [0.15, 0.2) is 17.8 Å². The largest absolute Gasteiger partial charge is 0.343 e. The molecule has 3 rings (SSSR count). The summed E-state index contributed by atoms with van der Waals surface area (Å²) in [5.74, 6) is -0.133. The van der Waals surface area contributed by atoms with Crippen LogP contribution in [0.3, 0.4) is 0 Å². The Morgan fingerprint density at radius 2 is 2.37 bits per heavy atom. The molecule has 0 bridgehead atoms. The maximum absolute atomic E-state index is 12.1. The lowest BCUT2D eigenvalue weighted by molar-refractivity contribution is -0.145. The van der Waals surface area contributed by atoms with Gasteiger partial charge in [-0.15, -0.1) is 11.3 Å². The number of hydrogen-bond donors (Lipinski definition) is 1. The fraction of sp³-hybridized carbons (Fsp3) is 0.417. The lowest BCUT2D eigenvalue weighted by Gasteiger charge is -2.31. The van der Waals surface area contributed by atoms with Crippen LogP contribution in [0.4, 0.5) is 0 Å². The zero-order chi connectivity index (χ0) is 13.4. The number of aromatic nitrogens is 2. The molecule has 1 N–H and O–H groups in total. The van der Waals surface area contributed by atoms with Crippen molar-refractivity contribution >= 4 is 28.1 Å². The summed E-state index contributed by atoms with van der Waals surface area (Å²) in [6.45, 7) is 2.39. The van der Waals surface area contributed by atoms with E-state index >= 15 is 0 Å². The molecule has 0 spiro atoms. The summed E-state index contributed by atoms with van der Waals surface area (Å²) in [5, 5.41) is 4.66. The molecule has 2 amide bonds.